The van der Waals surface area contributed by atoms with E-state index in [2.05, 4.69) is 5.32 Å². The molecular weight excluding hydrogens is 464 g/mol. The van der Waals surface area contributed by atoms with Crippen LogP contribution in [-0.4, -0.2) is 33.7 Å². The molecule has 33 heavy (non-hydrogen) atoms. The van der Waals surface area contributed by atoms with Gasteiger partial charge in [-0.3, -0.25) is 9.10 Å². The number of halogens is 1. The predicted molar refractivity (Wildman–Crippen MR) is 131 cm³/mol. The van der Waals surface area contributed by atoms with Crippen LogP contribution in [0.2, 0.25) is 5.02 Å². The number of hydrogen-bond donors (Lipinski definition) is 1. The van der Waals surface area contributed by atoms with E-state index in [1.54, 1.807) is 54.6 Å². The minimum Gasteiger partial charge on any atom is -0.494 e. The van der Waals surface area contributed by atoms with Gasteiger partial charge in [0.2, 0.25) is 15.9 Å². The summed E-state index contributed by atoms with van der Waals surface area (Å²) in [7, 11) is -3.73. The van der Waals surface area contributed by atoms with Crippen molar-refractivity contribution < 1.29 is 22.7 Å². The number of carbonyl (C=O) groups is 1. The summed E-state index contributed by atoms with van der Waals surface area (Å²) in [6.07, 6.45) is 1.90. The Bertz CT molecular complexity index is 1190. The third kappa shape index (κ3) is 7.13. The van der Waals surface area contributed by atoms with Crippen LogP contribution in [0, 0.1) is 0 Å². The highest BCUT2D eigenvalue weighted by molar-refractivity contribution is 7.92. The zero-order chi connectivity index (χ0) is 23.8. The van der Waals surface area contributed by atoms with Gasteiger partial charge < -0.3 is 14.8 Å². The molecule has 0 fully saturated rings. The normalized spacial score (nSPS) is 11.0. The molecule has 0 aliphatic rings. The van der Waals surface area contributed by atoms with Crippen LogP contribution in [0.3, 0.4) is 0 Å². The molecule has 0 radical (unpaired) electrons. The molecule has 0 atom stereocenters. The topological polar surface area (TPSA) is 84.9 Å². The fraction of sp³-hybridized carbons (Fsp3) is 0.208. The summed E-state index contributed by atoms with van der Waals surface area (Å²) in [4.78, 5) is 12.8. The largest absolute Gasteiger partial charge is 0.494 e. The van der Waals surface area contributed by atoms with Gasteiger partial charge in [-0.25, -0.2) is 8.42 Å². The molecule has 0 unspecified atom stereocenters. The van der Waals surface area contributed by atoms with Crippen LogP contribution >= 0.6 is 11.6 Å². The van der Waals surface area contributed by atoms with Crippen LogP contribution in [0.4, 0.5) is 11.4 Å². The van der Waals surface area contributed by atoms with E-state index in [1.807, 2.05) is 25.1 Å². The van der Waals surface area contributed by atoms with Crippen molar-refractivity contribution in [1.29, 1.82) is 0 Å². The van der Waals surface area contributed by atoms with Crippen molar-refractivity contribution in [2.45, 2.75) is 13.3 Å². The summed E-state index contributed by atoms with van der Waals surface area (Å²) >= 11 is 6.10. The van der Waals surface area contributed by atoms with Crippen molar-refractivity contribution >= 4 is 38.9 Å². The molecule has 1 amide bonds. The van der Waals surface area contributed by atoms with Gasteiger partial charge in [-0.05, 0) is 61.0 Å². The summed E-state index contributed by atoms with van der Waals surface area (Å²) in [6.45, 7) is 2.13. The van der Waals surface area contributed by atoms with E-state index < -0.39 is 22.5 Å². The van der Waals surface area contributed by atoms with E-state index in [0.717, 1.165) is 17.0 Å². The molecule has 0 aliphatic heterocycles. The number of para-hydroxylation sites is 1. The first-order valence-electron chi connectivity index (χ1n) is 10.3. The molecule has 174 valence electrons. The van der Waals surface area contributed by atoms with Crippen LogP contribution in [0.15, 0.2) is 72.8 Å². The quantitative estimate of drug-likeness (QED) is 0.417. The Labute approximate surface area is 198 Å². The molecule has 9 heteroatoms. The number of ether oxygens (including phenoxy) is 2. The minimum absolute atomic E-state index is 0.327. The van der Waals surface area contributed by atoms with Gasteiger partial charge in [0, 0.05) is 5.02 Å². The summed E-state index contributed by atoms with van der Waals surface area (Å²) < 4.78 is 37.2. The van der Waals surface area contributed by atoms with Crippen molar-refractivity contribution in [1.82, 2.24) is 0 Å². The summed E-state index contributed by atoms with van der Waals surface area (Å²) in [5, 5.41) is 3.10. The zero-order valence-electron chi connectivity index (χ0n) is 18.3. The molecule has 3 aromatic carbocycles. The number of amides is 1. The second-order valence-electron chi connectivity index (χ2n) is 7.22. The van der Waals surface area contributed by atoms with Crippen LogP contribution in [-0.2, 0) is 14.8 Å². The Morgan fingerprint density at radius 2 is 1.70 bits per heavy atom. The van der Waals surface area contributed by atoms with Gasteiger partial charge in [-0.15, -0.1) is 0 Å². The molecular formula is C24H25ClN2O5S. The second kappa shape index (κ2) is 11.1. The molecule has 0 bridgehead atoms. The van der Waals surface area contributed by atoms with E-state index in [-0.39, 0.29) is 0 Å². The lowest BCUT2D eigenvalue weighted by Crippen LogP contribution is -2.37. The van der Waals surface area contributed by atoms with Crippen molar-refractivity contribution in [2.75, 3.05) is 29.0 Å². The van der Waals surface area contributed by atoms with Gasteiger partial charge in [0.05, 0.1) is 24.2 Å². The molecule has 0 saturated carbocycles. The third-order valence-corrected chi connectivity index (χ3v) is 5.85. The van der Waals surface area contributed by atoms with Gasteiger partial charge in [-0.2, -0.15) is 0 Å². The number of benzene rings is 3. The molecule has 0 saturated heterocycles. The SMILES string of the molecule is CCCOc1ccc(N(CC(=O)Nc2cc(Cl)ccc2Oc2ccccc2)S(C)(=O)=O)cc1. The average molecular weight is 489 g/mol. The standard InChI is InChI=1S/C24H25ClN2O5S/c1-3-15-31-20-12-10-19(11-13-20)27(33(2,29)30)17-24(28)26-22-16-18(25)9-14-23(22)32-21-7-5-4-6-8-21/h4-14,16H,3,15,17H2,1-2H3,(H,26,28). The monoisotopic (exact) mass is 488 g/mol. The molecule has 3 aromatic rings. The molecule has 0 aliphatic carbocycles. The summed E-state index contributed by atoms with van der Waals surface area (Å²) in [5.74, 6) is 1.03. The van der Waals surface area contributed by atoms with Gasteiger partial charge in [0.15, 0.2) is 5.75 Å². The molecule has 0 aromatic heterocycles. The van der Waals surface area contributed by atoms with Gasteiger partial charge >= 0.3 is 0 Å². The Hall–Kier alpha value is -3.23. The van der Waals surface area contributed by atoms with Crippen LogP contribution in [0.1, 0.15) is 13.3 Å². The van der Waals surface area contributed by atoms with Crippen LogP contribution < -0.4 is 19.1 Å². The lowest BCUT2D eigenvalue weighted by Gasteiger charge is -2.22. The number of hydrogen-bond acceptors (Lipinski definition) is 5. The average Bonchev–Trinajstić information content (AvgIpc) is 2.78. The summed E-state index contributed by atoms with van der Waals surface area (Å²) in [5.41, 5.74) is 0.677. The number of sulfonamides is 1. The maximum absolute atomic E-state index is 12.8. The third-order valence-electron chi connectivity index (χ3n) is 4.47. The molecule has 0 spiro atoms. The Kier molecular flexibility index (Phi) is 8.19. The zero-order valence-corrected chi connectivity index (χ0v) is 19.9. The maximum atomic E-state index is 12.8. The number of carbonyl (C=O) groups excluding carboxylic acids is 1. The first kappa shape index (κ1) is 24.4. The number of nitrogens with zero attached hydrogens (tertiary/aromatic N) is 1. The van der Waals surface area contributed by atoms with Gasteiger partial charge in [0.1, 0.15) is 18.0 Å². The lowest BCUT2D eigenvalue weighted by atomic mass is 10.2. The highest BCUT2D eigenvalue weighted by atomic mass is 35.5. The second-order valence-corrected chi connectivity index (χ2v) is 9.56. The van der Waals surface area contributed by atoms with Crippen molar-refractivity contribution in [2.24, 2.45) is 0 Å². The predicted octanol–water partition coefficient (Wildman–Crippen LogP) is 5.33. The van der Waals surface area contributed by atoms with Crippen LogP contribution in [0.25, 0.3) is 0 Å². The van der Waals surface area contributed by atoms with Crippen molar-refractivity contribution in [3.8, 4) is 17.2 Å². The first-order chi connectivity index (χ1) is 15.8. The highest BCUT2D eigenvalue weighted by Gasteiger charge is 2.22. The van der Waals surface area contributed by atoms with E-state index in [1.165, 1.54) is 0 Å². The van der Waals surface area contributed by atoms with Crippen LogP contribution in [0.5, 0.6) is 17.2 Å². The Morgan fingerprint density at radius 3 is 2.33 bits per heavy atom. The molecule has 0 heterocycles. The number of rotatable bonds is 10. The molecule has 1 N–H and O–H groups in total. The number of anilines is 2. The smallest absolute Gasteiger partial charge is 0.245 e. The van der Waals surface area contributed by atoms with Gasteiger partial charge in [0.25, 0.3) is 0 Å². The fourth-order valence-corrected chi connectivity index (χ4v) is 3.98. The van der Waals surface area contributed by atoms with E-state index >= 15 is 0 Å². The van der Waals surface area contributed by atoms with Gasteiger partial charge in [-0.1, -0.05) is 36.7 Å². The minimum atomic E-state index is -3.73. The van der Waals surface area contributed by atoms with E-state index in [9.17, 15) is 13.2 Å². The maximum Gasteiger partial charge on any atom is 0.245 e. The Balaban J connectivity index is 1.78. The van der Waals surface area contributed by atoms with Crippen molar-refractivity contribution in [3.63, 3.8) is 0 Å². The van der Waals surface area contributed by atoms with E-state index in [0.29, 0.717) is 40.3 Å². The molecule has 3 rings (SSSR count). The number of nitrogens with one attached hydrogen (secondary N) is 1. The Morgan fingerprint density at radius 1 is 1.00 bits per heavy atom. The summed E-state index contributed by atoms with van der Waals surface area (Å²) in [6, 6.07) is 20.4. The molecule has 7 nitrogen and oxygen atoms in total. The first-order valence-corrected chi connectivity index (χ1v) is 12.5. The fourth-order valence-electron chi connectivity index (χ4n) is 2.95. The van der Waals surface area contributed by atoms with E-state index in [4.69, 9.17) is 21.1 Å². The lowest BCUT2D eigenvalue weighted by molar-refractivity contribution is -0.114. The van der Waals surface area contributed by atoms with Crippen molar-refractivity contribution in [3.05, 3.63) is 77.8 Å². The highest BCUT2D eigenvalue weighted by Crippen LogP contribution is 2.32.